The van der Waals surface area contributed by atoms with E-state index in [0.717, 1.165) is 31.2 Å². The average Bonchev–Trinajstić information content (AvgIpc) is 3.59. The van der Waals surface area contributed by atoms with Crippen molar-refractivity contribution in [1.29, 1.82) is 0 Å². The summed E-state index contributed by atoms with van der Waals surface area (Å²) < 4.78 is 5.18. The van der Waals surface area contributed by atoms with Crippen LogP contribution >= 0.6 is 0 Å². The van der Waals surface area contributed by atoms with E-state index in [4.69, 9.17) is 4.74 Å². The topological polar surface area (TPSA) is 75.7 Å². The van der Waals surface area contributed by atoms with Gasteiger partial charge in [0, 0.05) is 23.4 Å². The van der Waals surface area contributed by atoms with Crippen LogP contribution in [0, 0.1) is 11.8 Å². The number of methoxy groups -OCH3 is 1. The van der Waals surface area contributed by atoms with Crippen molar-refractivity contribution in [3.63, 3.8) is 0 Å². The predicted octanol–water partition coefficient (Wildman–Crippen LogP) is 3.92. The zero-order valence-electron chi connectivity index (χ0n) is 19.8. The van der Waals surface area contributed by atoms with Crippen molar-refractivity contribution in [3.8, 4) is 0 Å². The van der Waals surface area contributed by atoms with Crippen LogP contribution in [0.1, 0.15) is 60.9 Å². The molecule has 1 aliphatic heterocycles. The molecular formula is C28H32N2O4. The third-order valence-corrected chi connectivity index (χ3v) is 8.05. The lowest BCUT2D eigenvalue weighted by molar-refractivity contribution is -0.146. The average molecular weight is 461 g/mol. The monoisotopic (exact) mass is 460 g/mol. The number of rotatable bonds is 5. The Labute approximate surface area is 200 Å². The van der Waals surface area contributed by atoms with E-state index in [-0.39, 0.29) is 47.6 Å². The van der Waals surface area contributed by atoms with Crippen molar-refractivity contribution in [1.82, 2.24) is 10.2 Å². The predicted molar refractivity (Wildman–Crippen MR) is 128 cm³/mol. The van der Waals surface area contributed by atoms with Gasteiger partial charge < -0.3 is 15.0 Å². The zero-order chi connectivity index (χ0) is 23.9. The first-order valence-corrected chi connectivity index (χ1v) is 12.3. The van der Waals surface area contributed by atoms with Gasteiger partial charge in [0.05, 0.1) is 19.1 Å². The molecule has 2 aliphatic carbocycles. The molecular weight excluding hydrogens is 428 g/mol. The van der Waals surface area contributed by atoms with Gasteiger partial charge in [-0.3, -0.25) is 14.4 Å². The van der Waals surface area contributed by atoms with Crippen LogP contribution in [0.25, 0.3) is 0 Å². The number of esters is 1. The smallest absolute Gasteiger partial charge is 0.311 e. The van der Waals surface area contributed by atoms with Crippen molar-refractivity contribution in [2.75, 3.05) is 7.11 Å². The van der Waals surface area contributed by atoms with Crippen molar-refractivity contribution in [3.05, 3.63) is 71.8 Å². The van der Waals surface area contributed by atoms with Gasteiger partial charge in [0.2, 0.25) is 5.91 Å². The molecule has 1 saturated heterocycles. The summed E-state index contributed by atoms with van der Waals surface area (Å²) in [7, 11) is 1.41. The summed E-state index contributed by atoms with van der Waals surface area (Å²) in [5.74, 6) is -1.46. The third kappa shape index (κ3) is 3.69. The molecule has 5 rings (SSSR count). The second kappa shape index (κ2) is 8.90. The van der Waals surface area contributed by atoms with Gasteiger partial charge in [0.25, 0.3) is 5.91 Å². The van der Waals surface area contributed by atoms with Crippen LogP contribution in [0.2, 0.25) is 0 Å². The van der Waals surface area contributed by atoms with Gasteiger partial charge >= 0.3 is 5.97 Å². The van der Waals surface area contributed by atoms with Crippen LogP contribution in [0.5, 0.6) is 0 Å². The number of amides is 2. The molecule has 5 atom stereocenters. The molecule has 2 saturated carbocycles. The SMILES string of the molecule is COC(=O)[C@@H]1[C@H]2[C@@H]1N(C1CCCCC1)C(=O)[C@](C)(NC(=O)c1ccccc1)[C@H]2c1ccccc1. The summed E-state index contributed by atoms with van der Waals surface area (Å²) in [4.78, 5) is 42.5. The molecule has 1 N–H and O–H groups in total. The fourth-order valence-corrected chi connectivity index (χ4v) is 6.45. The number of nitrogens with one attached hydrogen (secondary N) is 1. The molecule has 34 heavy (non-hydrogen) atoms. The van der Waals surface area contributed by atoms with E-state index in [2.05, 4.69) is 5.32 Å². The van der Waals surface area contributed by atoms with Crippen molar-refractivity contribution >= 4 is 17.8 Å². The molecule has 2 aromatic carbocycles. The molecule has 0 unspecified atom stereocenters. The zero-order valence-corrected chi connectivity index (χ0v) is 19.8. The van der Waals surface area contributed by atoms with Gasteiger partial charge in [-0.1, -0.05) is 67.8 Å². The normalized spacial score (nSPS) is 30.9. The maximum absolute atomic E-state index is 14.3. The van der Waals surface area contributed by atoms with Gasteiger partial charge in [-0.15, -0.1) is 0 Å². The van der Waals surface area contributed by atoms with Gasteiger partial charge in [0.1, 0.15) is 5.54 Å². The maximum Gasteiger partial charge on any atom is 0.311 e. The third-order valence-electron chi connectivity index (χ3n) is 8.05. The molecule has 3 aliphatic rings. The quantitative estimate of drug-likeness (QED) is 0.687. The van der Waals surface area contributed by atoms with E-state index in [1.54, 1.807) is 12.1 Å². The molecule has 2 amide bonds. The Morgan fingerprint density at radius 1 is 0.971 bits per heavy atom. The number of likely N-dealkylation sites (tertiary alicyclic amines) is 1. The lowest BCUT2D eigenvalue weighted by Gasteiger charge is -2.48. The lowest BCUT2D eigenvalue weighted by Crippen LogP contribution is -2.66. The molecule has 1 heterocycles. The minimum atomic E-state index is -1.18. The molecule has 178 valence electrons. The summed E-state index contributed by atoms with van der Waals surface area (Å²) in [6.07, 6.45) is 5.18. The number of fused-ring (bicyclic) bond motifs is 1. The minimum Gasteiger partial charge on any atom is -0.469 e. The molecule has 0 bridgehead atoms. The lowest BCUT2D eigenvalue weighted by atomic mass is 9.72. The molecule has 3 fully saturated rings. The van der Waals surface area contributed by atoms with Gasteiger partial charge in [-0.25, -0.2) is 0 Å². The first kappa shape index (κ1) is 22.6. The van der Waals surface area contributed by atoms with E-state index < -0.39 is 5.54 Å². The van der Waals surface area contributed by atoms with Crippen LogP contribution in [0.3, 0.4) is 0 Å². The second-order valence-corrected chi connectivity index (χ2v) is 10.0. The van der Waals surface area contributed by atoms with Crippen LogP contribution in [-0.2, 0) is 14.3 Å². The van der Waals surface area contributed by atoms with Crippen molar-refractivity contribution < 1.29 is 19.1 Å². The number of nitrogens with zero attached hydrogens (tertiary/aromatic N) is 1. The van der Waals surface area contributed by atoms with Crippen molar-refractivity contribution in [2.24, 2.45) is 11.8 Å². The van der Waals surface area contributed by atoms with Crippen LogP contribution in [0.4, 0.5) is 0 Å². The van der Waals surface area contributed by atoms with E-state index in [9.17, 15) is 14.4 Å². The number of benzene rings is 2. The first-order chi connectivity index (χ1) is 16.5. The number of hydrogen-bond acceptors (Lipinski definition) is 4. The number of carbonyl (C=O) groups excluding carboxylic acids is 3. The summed E-state index contributed by atoms with van der Waals surface area (Å²) in [6, 6.07) is 18.7. The summed E-state index contributed by atoms with van der Waals surface area (Å²) in [5.41, 5.74) is 0.279. The highest BCUT2D eigenvalue weighted by atomic mass is 16.5. The Balaban J connectivity index is 1.59. The fraction of sp³-hybridized carbons (Fsp3) is 0.464. The molecule has 6 nitrogen and oxygen atoms in total. The first-order valence-electron chi connectivity index (χ1n) is 12.3. The van der Waals surface area contributed by atoms with Crippen LogP contribution in [0.15, 0.2) is 60.7 Å². The Hall–Kier alpha value is -3.15. The van der Waals surface area contributed by atoms with E-state index in [1.165, 1.54) is 13.5 Å². The van der Waals surface area contributed by atoms with Crippen LogP contribution < -0.4 is 5.32 Å². The largest absolute Gasteiger partial charge is 0.469 e. The molecule has 0 aromatic heterocycles. The van der Waals surface area contributed by atoms with E-state index >= 15 is 0 Å². The standard InChI is InChI=1S/C28H32N2O4/c1-28(29-25(31)19-14-8-4-9-15-19)23(18-12-6-3-7-13-18)21-22(26(32)34-2)24(21)30(27(28)33)20-16-10-5-11-17-20/h3-4,6-9,12-15,20-24H,5,10-11,16-17H2,1-2H3,(H,29,31)/t21-,22-,23+,24+,28-/m1/s1. The van der Waals surface area contributed by atoms with Gasteiger partial charge in [0.15, 0.2) is 0 Å². The van der Waals surface area contributed by atoms with Crippen molar-refractivity contribution in [2.45, 2.75) is 62.6 Å². The minimum absolute atomic E-state index is 0.0908. The molecule has 0 spiro atoms. The highest BCUT2D eigenvalue weighted by Crippen LogP contribution is 2.61. The Kier molecular flexibility index (Phi) is 5.92. The summed E-state index contributed by atoms with van der Waals surface area (Å²) in [6.45, 7) is 1.84. The fourth-order valence-electron chi connectivity index (χ4n) is 6.45. The summed E-state index contributed by atoms with van der Waals surface area (Å²) in [5, 5.41) is 3.13. The number of hydrogen-bond donors (Lipinski definition) is 1. The molecule has 0 radical (unpaired) electrons. The number of piperidine rings is 1. The van der Waals surface area contributed by atoms with E-state index in [0.29, 0.717) is 5.56 Å². The Bertz CT molecular complexity index is 1070. The molecule has 2 aromatic rings. The van der Waals surface area contributed by atoms with E-state index in [1.807, 2.05) is 60.4 Å². The highest BCUT2D eigenvalue weighted by molar-refractivity contribution is 6.01. The summed E-state index contributed by atoms with van der Waals surface area (Å²) >= 11 is 0. The number of carbonyl (C=O) groups is 3. The van der Waals surface area contributed by atoms with Crippen LogP contribution in [-0.4, -0.2) is 47.4 Å². The van der Waals surface area contributed by atoms with Gasteiger partial charge in [-0.05, 0) is 37.5 Å². The number of ether oxygens (including phenoxy) is 1. The molecule has 6 heteroatoms. The Morgan fingerprint density at radius 2 is 1.59 bits per heavy atom. The maximum atomic E-state index is 14.3. The highest BCUT2D eigenvalue weighted by Gasteiger charge is 2.72. The van der Waals surface area contributed by atoms with Gasteiger partial charge in [-0.2, -0.15) is 0 Å². The second-order valence-electron chi connectivity index (χ2n) is 10.0. The Morgan fingerprint density at radius 3 is 2.21 bits per heavy atom.